The van der Waals surface area contributed by atoms with E-state index in [1.807, 2.05) is 0 Å². The molecule has 0 aromatic carbocycles. The van der Waals surface area contributed by atoms with Crippen molar-refractivity contribution in [2.24, 2.45) is 5.73 Å². The molecule has 0 saturated carbocycles. The molecule has 1 heterocycles. The third-order valence-electron chi connectivity index (χ3n) is 1.67. The van der Waals surface area contributed by atoms with Gasteiger partial charge in [0.05, 0.1) is 15.4 Å². The van der Waals surface area contributed by atoms with Crippen LogP contribution in [-0.4, -0.2) is 19.4 Å². The molecular weight excluding hydrogens is 311 g/mol. The highest BCUT2D eigenvalue weighted by Gasteiger charge is 2.23. The van der Waals surface area contributed by atoms with E-state index in [-0.39, 0.29) is 14.2 Å². The first-order valence-electron chi connectivity index (χ1n) is 4.00. The summed E-state index contributed by atoms with van der Waals surface area (Å²) in [7, 11) is -3.74. The van der Waals surface area contributed by atoms with Crippen molar-refractivity contribution in [1.82, 2.24) is 4.72 Å². The van der Waals surface area contributed by atoms with Crippen LogP contribution in [0.1, 0.15) is 6.92 Å². The Bertz CT molecular complexity index is 512. The zero-order valence-corrected chi connectivity index (χ0v) is 12.0. The van der Waals surface area contributed by atoms with Gasteiger partial charge in [-0.2, -0.15) is 0 Å². The number of hydrogen-bond donors (Lipinski definition) is 2. The van der Waals surface area contributed by atoms with E-state index >= 15 is 0 Å². The molecule has 1 aromatic rings. The predicted octanol–water partition coefficient (Wildman–Crippen LogP) is 2.01. The minimum atomic E-state index is -3.74. The van der Waals surface area contributed by atoms with Gasteiger partial charge in [0.15, 0.2) is 0 Å². The average Bonchev–Trinajstić information content (AvgIpc) is 2.45. The minimum Gasteiger partial charge on any atom is -0.392 e. The fourth-order valence-electron chi connectivity index (χ4n) is 0.863. The third-order valence-corrected chi connectivity index (χ3v) is 5.32. The largest absolute Gasteiger partial charge is 0.392 e. The van der Waals surface area contributed by atoms with Gasteiger partial charge in [0.2, 0.25) is 10.0 Å². The number of sulfonamides is 1. The zero-order valence-electron chi connectivity index (χ0n) is 8.03. The van der Waals surface area contributed by atoms with E-state index in [2.05, 4.69) is 16.9 Å². The van der Waals surface area contributed by atoms with Crippen LogP contribution in [0.5, 0.6) is 0 Å². The maximum absolute atomic E-state index is 11.8. The van der Waals surface area contributed by atoms with Gasteiger partial charge in [-0.05, 0) is 13.0 Å². The average molecular weight is 319 g/mol. The van der Waals surface area contributed by atoms with E-state index in [0.29, 0.717) is 4.34 Å². The Labute approximate surface area is 113 Å². The van der Waals surface area contributed by atoms with Crippen molar-refractivity contribution in [3.63, 3.8) is 0 Å². The fourth-order valence-corrected chi connectivity index (χ4v) is 4.37. The molecule has 1 atom stereocenters. The molecule has 0 aliphatic heterocycles. The molecule has 90 valence electrons. The highest BCUT2D eigenvalue weighted by atomic mass is 35.5. The molecule has 0 fully saturated rings. The van der Waals surface area contributed by atoms with Gasteiger partial charge in [-0.1, -0.05) is 35.4 Å². The smallest absolute Gasteiger partial charge is 0.243 e. The van der Waals surface area contributed by atoms with Crippen LogP contribution < -0.4 is 10.5 Å². The number of rotatable bonds is 4. The van der Waals surface area contributed by atoms with Crippen LogP contribution in [-0.2, 0) is 10.0 Å². The lowest BCUT2D eigenvalue weighted by atomic mass is 10.4. The van der Waals surface area contributed by atoms with Gasteiger partial charge >= 0.3 is 0 Å². The van der Waals surface area contributed by atoms with Crippen LogP contribution in [0.25, 0.3) is 0 Å². The Morgan fingerprint density at radius 3 is 2.56 bits per heavy atom. The molecule has 9 heteroatoms. The second-order valence-electron chi connectivity index (χ2n) is 2.93. The minimum absolute atomic E-state index is 0.0565. The topological polar surface area (TPSA) is 72.2 Å². The number of nitrogens with one attached hydrogen (secondary N) is 1. The summed E-state index contributed by atoms with van der Waals surface area (Å²) < 4.78 is 26.3. The molecule has 1 aromatic heterocycles. The lowest BCUT2D eigenvalue weighted by Gasteiger charge is -2.11. The number of hydrogen-bond acceptors (Lipinski definition) is 4. The number of thiocarbonyl (C=S) groups is 1. The Kier molecular flexibility index (Phi) is 4.56. The normalized spacial score (nSPS) is 13.7. The van der Waals surface area contributed by atoms with Gasteiger partial charge in [0, 0.05) is 0 Å². The molecule has 0 aliphatic rings. The first kappa shape index (κ1) is 14.1. The molecule has 3 N–H and O–H groups in total. The van der Waals surface area contributed by atoms with Crippen LogP contribution in [0.2, 0.25) is 8.67 Å². The quantitative estimate of drug-likeness (QED) is 0.833. The molecule has 1 rings (SSSR count). The van der Waals surface area contributed by atoms with E-state index < -0.39 is 16.1 Å². The van der Waals surface area contributed by atoms with Gasteiger partial charge in [-0.25, -0.2) is 13.1 Å². The van der Waals surface area contributed by atoms with Gasteiger partial charge in [0.25, 0.3) is 0 Å². The summed E-state index contributed by atoms with van der Waals surface area (Å²) in [5.41, 5.74) is 5.31. The van der Waals surface area contributed by atoms with E-state index in [0.717, 1.165) is 11.3 Å². The molecular formula is C7H8Cl2N2O2S3. The first-order chi connectivity index (χ1) is 7.24. The van der Waals surface area contributed by atoms with E-state index in [1.54, 1.807) is 6.92 Å². The van der Waals surface area contributed by atoms with Crippen LogP contribution in [0.3, 0.4) is 0 Å². The second-order valence-corrected chi connectivity index (χ2v) is 7.37. The van der Waals surface area contributed by atoms with Crippen molar-refractivity contribution < 1.29 is 8.42 Å². The summed E-state index contributed by atoms with van der Waals surface area (Å²) in [4.78, 5) is -0.00621. The third kappa shape index (κ3) is 3.28. The van der Waals surface area contributed by atoms with Crippen LogP contribution in [0.15, 0.2) is 11.0 Å². The molecule has 1 unspecified atom stereocenters. The predicted molar refractivity (Wildman–Crippen MR) is 70.9 cm³/mol. The maximum atomic E-state index is 11.8. The number of halogens is 2. The molecule has 16 heavy (non-hydrogen) atoms. The van der Waals surface area contributed by atoms with E-state index in [9.17, 15) is 8.42 Å². The van der Waals surface area contributed by atoms with Gasteiger partial charge in [-0.15, -0.1) is 11.3 Å². The number of thiophene rings is 1. The van der Waals surface area contributed by atoms with Crippen LogP contribution in [0, 0.1) is 0 Å². The molecule has 0 radical (unpaired) electrons. The molecule has 0 aliphatic carbocycles. The summed E-state index contributed by atoms with van der Waals surface area (Å²) in [6.07, 6.45) is 0. The zero-order chi connectivity index (χ0) is 12.5. The van der Waals surface area contributed by atoms with Crippen molar-refractivity contribution >= 4 is 61.8 Å². The van der Waals surface area contributed by atoms with Gasteiger partial charge in [-0.3, -0.25) is 0 Å². The Hall–Kier alpha value is 0.0800. The van der Waals surface area contributed by atoms with Crippen LogP contribution in [0.4, 0.5) is 0 Å². The van der Waals surface area contributed by atoms with E-state index in [4.69, 9.17) is 28.9 Å². The van der Waals surface area contributed by atoms with Gasteiger partial charge in [0.1, 0.15) is 9.23 Å². The van der Waals surface area contributed by atoms with Crippen molar-refractivity contribution in [3.8, 4) is 0 Å². The van der Waals surface area contributed by atoms with Gasteiger partial charge < -0.3 is 5.73 Å². The van der Waals surface area contributed by atoms with Crippen LogP contribution >= 0.6 is 46.8 Å². The summed E-state index contributed by atoms with van der Waals surface area (Å²) in [5.74, 6) is 0. The standard InChI is InChI=1S/C7H8Cl2N2O2S3/c1-3(7(10)14)11-16(12,13)4-2-5(8)15-6(4)9/h2-3,11H,1H3,(H2,10,14). The highest BCUT2D eigenvalue weighted by molar-refractivity contribution is 7.90. The number of nitrogens with two attached hydrogens (primary N) is 1. The second kappa shape index (κ2) is 5.16. The summed E-state index contributed by atoms with van der Waals surface area (Å²) in [5, 5.41) is 0. The fraction of sp³-hybridized carbons (Fsp3) is 0.286. The summed E-state index contributed by atoms with van der Waals surface area (Å²) >= 11 is 17.1. The van der Waals surface area contributed by atoms with Crippen molar-refractivity contribution in [2.75, 3.05) is 0 Å². The SMILES string of the molecule is CC(NS(=O)(=O)c1cc(Cl)sc1Cl)C(N)=S. The summed E-state index contributed by atoms with van der Waals surface area (Å²) in [6.45, 7) is 1.54. The Balaban J connectivity index is 3.03. The molecule has 0 bridgehead atoms. The lowest BCUT2D eigenvalue weighted by molar-refractivity contribution is 0.579. The highest BCUT2D eigenvalue weighted by Crippen LogP contribution is 2.34. The maximum Gasteiger partial charge on any atom is 0.243 e. The Morgan fingerprint density at radius 1 is 1.62 bits per heavy atom. The molecule has 0 saturated heterocycles. The molecule has 4 nitrogen and oxygen atoms in total. The lowest BCUT2D eigenvalue weighted by Crippen LogP contribution is -2.41. The first-order valence-corrected chi connectivity index (χ1v) is 7.47. The van der Waals surface area contributed by atoms with Crippen molar-refractivity contribution in [2.45, 2.75) is 17.9 Å². The molecule has 0 spiro atoms. The Morgan fingerprint density at radius 2 is 2.19 bits per heavy atom. The molecule has 0 amide bonds. The van der Waals surface area contributed by atoms with Crippen molar-refractivity contribution in [3.05, 3.63) is 14.7 Å². The van der Waals surface area contributed by atoms with E-state index in [1.165, 1.54) is 6.07 Å². The summed E-state index contributed by atoms with van der Waals surface area (Å²) in [6, 6.07) is 0.637. The van der Waals surface area contributed by atoms with Crippen molar-refractivity contribution in [1.29, 1.82) is 0 Å². The monoisotopic (exact) mass is 318 g/mol.